The van der Waals surface area contributed by atoms with Crippen LogP contribution in [0, 0.1) is 0 Å². The predicted molar refractivity (Wildman–Crippen MR) is 99.3 cm³/mol. The van der Waals surface area contributed by atoms with Crippen LogP contribution in [0.4, 0.5) is 0 Å². The number of carbonyl (C=O) groups excluding carboxylic acids is 1. The summed E-state index contributed by atoms with van der Waals surface area (Å²) in [6, 6.07) is 7.27. The molecule has 2 saturated heterocycles. The van der Waals surface area contributed by atoms with Crippen LogP contribution < -0.4 is 0 Å². The number of thiazole rings is 1. The van der Waals surface area contributed by atoms with Gasteiger partial charge in [0.05, 0.1) is 28.5 Å². The lowest BCUT2D eigenvalue weighted by Crippen LogP contribution is -2.40. The Morgan fingerprint density at radius 3 is 2.89 bits per heavy atom. The van der Waals surface area contributed by atoms with Crippen molar-refractivity contribution in [3.8, 4) is 0 Å². The van der Waals surface area contributed by atoms with Crippen LogP contribution in [-0.4, -0.2) is 50.2 Å². The van der Waals surface area contributed by atoms with E-state index in [9.17, 15) is 13.2 Å². The van der Waals surface area contributed by atoms with Crippen molar-refractivity contribution < 1.29 is 27.4 Å². The summed E-state index contributed by atoms with van der Waals surface area (Å²) < 4.78 is 43.1. The number of rotatable bonds is 5. The second-order valence-electron chi connectivity index (χ2n) is 6.83. The van der Waals surface area contributed by atoms with Gasteiger partial charge >= 0.3 is 5.97 Å². The number of hydrogen-bond acceptors (Lipinski definition) is 8. The fourth-order valence-corrected chi connectivity index (χ4v) is 6.14. The highest BCUT2D eigenvalue weighted by molar-refractivity contribution is 7.93. The summed E-state index contributed by atoms with van der Waals surface area (Å²) in [5.41, 5.74) is 0.650. The predicted octanol–water partition coefficient (Wildman–Crippen LogP) is 2.69. The van der Waals surface area contributed by atoms with Gasteiger partial charge < -0.3 is 14.2 Å². The molecule has 0 spiro atoms. The number of benzene rings is 1. The summed E-state index contributed by atoms with van der Waals surface area (Å²) in [5, 5.41) is 0. The standard InChI is InChI=1S/C18H21NO6S2/c20-16-10-12(25-17-7-3-4-8-23-17)9-13(24-16)11-27(21,22)18-19-14-5-1-2-6-15(14)26-18/h1-2,5-6,12-13,17H,3-4,7-11H2/t12-,13+,17?/m1/s1. The van der Waals surface area contributed by atoms with E-state index in [0.717, 1.165) is 35.3 Å². The van der Waals surface area contributed by atoms with Crippen LogP contribution in [0.15, 0.2) is 28.6 Å². The zero-order valence-corrected chi connectivity index (χ0v) is 16.3. The van der Waals surface area contributed by atoms with E-state index in [2.05, 4.69) is 4.98 Å². The third-order valence-electron chi connectivity index (χ3n) is 4.65. The van der Waals surface area contributed by atoms with Crippen LogP contribution in [0.1, 0.15) is 32.1 Å². The molecule has 9 heteroatoms. The normalized spacial score (nSPS) is 26.8. The number of hydrogen-bond donors (Lipinski definition) is 0. The first kappa shape index (κ1) is 18.8. The molecule has 1 aromatic carbocycles. The average molecular weight is 412 g/mol. The Hall–Kier alpha value is -1.55. The molecule has 1 aromatic heterocycles. The highest BCUT2D eigenvalue weighted by Crippen LogP contribution is 2.29. The van der Waals surface area contributed by atoms with Crippen molar-refractivity contribution >= 4 is 37.4 Å². The van der Waals surface area contributed by atoms with Crippen molar-refractivity contribution in [3.05, 3.63) is 24.3 Å². The summed E-state index contributed by atoms with van der Waals surface area (Å²) in [4.78, 5) is 16.2. The topological polar surface area (TPSA) is 91.8 Å². The molecule has 2 aliphatic rings. The van der Waals surface area contributed by atoms with E-state index in [1.807, 2.05) is 18.2 Å². The number of aromatic nitrogens is 1. The van der Waals surface area contributed by atoms with Crippen molar-refractivity contribution in [1.29, 1.82) is 0 Å². The molecule has 27 heavy (non-hydrogen) atoms. The third kappa shape index (κ3) is 4.48. The molecule has 7 nitrogen and oxygen atoms in total. The Kier molecular flexibility index (Phi) is 5.45. The summed E-state index contributed by atoms with van der Waals surface area (Å²) in [6.07, 6.45) is 1.85. The van der Waals surface area contributed by atoms with Gasteiger partial charge in [0.1, 0.15) is 6.10 Å². The average Bonchev–Trinajstić information content (AvgIpc) is 3.07. The SMILES string of the molecule is O=C1C[C@H](OC2CCCCO2)C[C@@H](CS(=O)(=O)c2nc3ccccc3s2)O1. The Morgan fingerprint density at radius 2 is 2.11 bits per heavy atom. The molecule has 0 bridgehead atoms. The van der Waals surface area contributed by atoms with Gasteiger partial charge in [-0.2, -0.15) is 0 Å². The number of esters is 1. The smallest absolute Gasteiger partial charge is 0.308 e. The van der Waals surface area contributed by atoms with E-state index in [0.29, 0.717) is 18.5 Å². The molecule has 0 N–H and O–H groups in total. The van der Waals surface area contributed by atoms with Gasteiger partial charge in [0.2, 0.25) is 14.2 Å². The lowest BCUT2D eigenvalue weighted by atomic mass is 10.1. The monoisotopic (exact) mass is 411 g/mol. The van der Waals surface area contributed by atoms with E-state index >= 15 is 0 Å². The van der Waals surface area contributed by atoms with Gasteiger partial charge in [0.15, 0.2) is 6.29 Å². The van der Waals surface area contributed by atoms with Gasteiger partial charge in [-0.3, -0.25) is 4.79 Å². The quantitative estimate of drug-likeness (QED) is 0.699. The summed E-state index contributed by atoms with van der Waals surface area (Å²) in [6.45, 7) is 0.650. The van der Waals surface area contributed by atoms with Crippen LogP contribution in [0.5, 0.6) is 0 Å². The first-order chi connectivity index (χ1) is 13.0. The summed E-state index contributed by atoms with van der Waals surface area (Å²) in [7, 11) is -3.66. The minimum Gasteiger partial charge on any atom is -0.461 e. The number of carbonyl (C=O) groups is 1. The number of nitrogens with zero attached hydrogens (tertiary/aromatic N) is 1. The molecule has 4 rings (SSSR count). The van der Waals surface area contributed by atoms with Crippen molar-refractivity contribution in [3.63, 3.8) is 0 Å². The van der Waals surface area contributed by atoms with Gasteiger partial charge in [-0.15, -0.1) is 11.3 Å². The van der Waals surface area contributed by atoms with Crippen LogP contribution in [0.25, 0.3) is 10.2 Å². The van der Waals surface area contributed by atoms with Gasteiger partial charge in [0, 0.05) is 13.0 Å². The molecule has 3 atom stereocenters. The zero-order valence-electron chi connectivity index (χ0n) is 14.7. The fraction of sp³-hybridized carbons (Fsp3) is 0.556. The Labute approximate surface area is 161 Å². The first-order valence-electron chi connectivity index (χ1n) is 9.04. The zero-order chi connectivity index (χ0) is 18.9. The van der Waals surface area contributed by atoms with E-state index < -0.39 is 21.9 Å². The van der Waals surface area contributed by atoms with Crippen molar-refractivity contribution in [2.75, 3.05) is 12.4 Å². The number of para-hydroxylation sites is 1. The van der Waals surface area contributed by atoms with E-state index in [-0.39, 0.29) is 28.9 Å². The number of fused-ring (bicyclic) bond motifs is 1. The Bertz CT molecular complexity index is 886. The maximum atomic E-state index is 12.8. The molecule has 2 aromatic rings. The fourth-order valence-electron chi connectivity index (χ4n) is 3.38. The van der Waals surface area contributed by atoms with Gasteiger partial charge in [-0.25, -0.2) is 13.4 Å². The Balaban J connectivity index is 1.44. The lowest BCUT2D eigenvalue weighted by Gasteiger charge is -2.32. The second kappa shape index (κ2) is 7.83. The molecule has 2 aliphatic heterocycles. The summed E-state index contributed by atoms with van der Waals surface area (Å²) >= 11 is 1.13. The molecule has 0 radical (unpaired) electrons. The number of ether oxygens (including phenoxy) is 3. The minimum atomic E-state index is -3.66. The molecular weight excluding hydrogens is 390 g/mol. The highest BCUT2D eigenvalue weighted by atomic mass is 32.2. The van der Waals surface area contributed by atoms with E-state index in [4.69, 9.17) is 14.2 Å². The second-order valence-corrected chi connectivity index (χ2v) is 10.1. The molecule has 0 amide bonds. The van der Waals surface area contributed by atoms with E-state index in [1.165, 1.54) is 0 Å². The molecular formula is C18H21NO6S2. The maximum Gasteiger partial charge on any atom is 0.308 e. The molecule has 3 heterocycles. The Morgan fingerprint density at radius 1 is 1.26 bits per heavy atom. The minimum absolute atomic E-state index is 0.0541. The first-order valence-corrected chi connectivity index (χ1v) is 11.5. The molecule has 146 valence electrons. The molecule has 1 unspecified atom stereocenters. The molecule has 0 aliphatic carbocycles. The van der Waals surface area contributed by atoms with Gasteiger partial charge in [-0.05, 0) is 31.4 Å². The largest absolute Gasteiger partial charge is 0.461 e. The summed E-state index contributed by atoms with van der Waals surface area (Å²) in [5.74, 6) is -0.726. The van der Waals surface area contributed by atoms with Gasteiger partial charge in [0.25, 0.3) is 0 Å². The van der Waals surface area contributed by atoms with Crippen LogP contribution in [-0.2, 0) is 28.8 Å². The van der Waals surface area contributed by atoms with E-state index in [1.54, 1.807) is 6.07 Å². The van der Waals surface area contributed by atoms with Crippen LogP contribution in [0.2, 0.25) is 0 Å². The maximum absolute atomic E-state index is 12.8. The van der Waals surface area contributed by atoms with Crippen LogP contribution >= 0.6 is 11.3 Å². The van der Waals surface area contributed by atoms with Crippen LogP contribution in [0.3, 0.4) is 0 Å². The number of cyclic esters (lactones) is 1. The highest BCUT2D eigenvalue weighted by Gasteiger charge is 2.35. The van der Waals surface area contributed by atoms with Crippen molar-refractivity contribution in [2.45, 2.75) is 54.9 Å². The van der Waals surface area contributed by atoms with Gasteiger partial charge in [-0.1, -0.05) is 12.1 Å². The molecule has 0 saturated carbocycles. The number of sulfone groups is 1. The van der Waals surface area contributed by atoms with Crippen molar-refractivity contribution in [1.82, 2.24) is 4.98 Å². The molecule has 2 fully saturated rings. The van der Waals surface area contributed by atoms with Crippen molar-refractivity contribution in [2.24, 2.45) is 0 Å². The third-order valence-corrected chi connectivity index (χ3v) is 7.92. The lowest BCUT2D eigenvalue weighted by molar-refractivity contribution is -0.207.